The zero-order chi connectivity index (χ0) is 18.0. The molecule has 0 spiro atoms. The van der Waals surface area contributed by atoms with E-state index in [1.807, 2.05) is 47.7 Å². The predicted molar refractivity (Wildman–Crippen MR) is 94.2 cm³/mol. The van der Waals surface area contributed by atoms with E-state index in [9.17, 15) is 9.90 Å². The van der Waals surface area contributed by atoms with E-state index in [0.717, 1.165) is 12.2 Å². The van der Waals surface area contributed by atoms with Gasteiger partial charge in [0.2, 0.25) is 0 Å². The number of quaternary nitrogens is 1. The van der Waals surface area contributed by atoms with Gasteiger partial charge in [0.1, 0.15) is 30.1 Å². The van der Waals surface area contributed by atoms with Crippen molar-refractivity contribution < 1.29 is 14.8 Å². The Balaban J connectivity index is 2.02. The molecule has 5 nitrogen and oxygen atoms in total. The van der Waals surface area contributed by atoms with E-state index in [4.69, 9.17) is 0 Å². The average Bonchev–Trinajstić information content (AvgIpc) is 2.95. The monoisotopic (exact) mass is 337 g/mol. The Hall–Kier alpha value is -2.66. The Labute approximate surface area is 147 Å². The maximum absolute atomic E-state index is 11.6. The van der Waals surface area contributed by atoms with Gasteiger partial charge in [-0.2, -0.15) is 0 Å². The molecule has 2 heterocycles. The molecular formula is C20H23N3O2. The van der Waals surface area contributed by atoms with E-state index in [1.54, 1.807) is 0 Å². The summed E-state index contributed by atoms with van der Waals surface area (Å²) in [4.78, 5) is 17.2. The van der Waals surface area contributed by atoms with Crippen LogP contribution in [0.2, 0.25) is 0 Å². The second-order valence-electron chi connectivity index (χ2n) is 6.71. The Morgan fingerprint density at radius 3 is 2.48 bits per heavy atom. The highest BCUT2D eigenvalue weighted by Gasteiger charge is 2.22. The molecule has 0 radical (unpaired) electrons. The molecule has 0 bridgehead atoms. The highest BCUT2D eigenvalue weighted by molar-refractivity contribution is 5.86. The zero-order valence-electron chi connectivity index (χ0n) is 14.8. The lowest BCUT2D eigenvalue weighted by molar-refractivity contribution is -0.948. The molecule has 2 aromatic heterocycles. The Morgan fingerprint density at radius 1 is 1.12 bits per heavy atom. The molecule has 130 valence electrons. The van der Waals surface area contributed by atoms with E-state index in [1.165, 1.54) is 10.5 Å². The lowest BCUT2D eigenvalue weighted by Gasteiger charge is -2.24. The maximum atomic E-state index is 11.6. The van der Waals surface area contributed by atoms with Gasteiger partial charge in [0.15, 0.2) is 0 Å². The number of hydrogen-bond acceptors (Lipinski definition) is 3. The molecule has 1 unspecified atom stereocenters. The smallest absolute Gasteiger partial charge is 0.138 e. The van der Waals surface area contributed by atoms with E-state index in [-0.39, 0.29) is 5.69 Å². The molecule has 25 heavy (non-hydrogen) atoms. The molecule has 1 N–H and O–H groups in total. The van der Waals surface area contributed by atoms with Gasteiger partial charge in [0, 0.05) is 11.3 Å². The van der Waals surface area contributed by atoms with Crippen LogP contribution in [0.25, 0.3) is 5.65 Å². The third kappa shape index (κ3) is 3.56. The Morgan fingerprint density at radius 2 is 1.84 bits per heavy atom. The summed E-state index contributed by atoms with van der Waals surface area (Å²) in [5.41, 5.74) is 3.59. The number of pyridine rings is 1. The first-order valence-electron chi connectivity index (χ1n) is 8.54. The fraction of sp³-hybridized carbons (Fsp3) is 0.300. The van der Waals surface area contributed by atoms with Gasteiger partial charge in [-0.15, -0.1) is 0 Å². The lowest BCUT2D eigenvalue weighted by Crippen LogP contribution is -3.12. The van der Waals surface area contributed by atoms with Gasteiger partial charge in [-0.25, -0.2) is 4.98 Å². The number of carboxylic acids is 1. The van der Waals surface area contributed by atoms with Crippen molar-refractivity contribution in [1.29, 1.82) is 0 Å². The van der Waals surface area contributed by atoms with Crippen LogP contribution in [0, 0.1) is 6.92 Å². The third-order valence-electron chi connectivity index (χ3n) is 4.61. The number of aryl methyl sites for hydroxylation is 1. The number of fused-ring (bicyclic) bond motifs is 1. The minimum absolute atomic E-state index is 0.0421. The second kappa shape index (κ2) is 7.07. The summed E-state index contributed by atoms with van der Waals surface area (Å²) in [6.45, 7) is 7.65. The number of aromatic nitrogens is 2. The van der Waals surface area contributed by atoms with Crippen molar-refractivity contribution >= 4 is 11.6 Å². The highest BCUT2D eigenvalue weighted by Crippen LogP contribution is 2.14. The van der Waals surface area contributed by atoms with Gasteiger partial charge in [-0.3, -0.25) is 4.40 Å². The van der Waals surface area contributed by atoms with Gasteiger partial charge in [0.25, 0.3) is 0 Å². The summed E-state index contributed by atoms with van der Waals surface area (Å²) in [5.74, 6) is -1.22. The lowest BCUT2D eigenvalue weighted by atomic mass is 10.1. The first kappa shape index (κ1) is 17.2. The molecule has 0 saturated carbocycles. The molecule has 0 amide bonds. The summed E-state index contributed by atoms with van der Waals surface area (Å²) >= 11 is 0. The number of imidazole rings is 1. The summed E-state index contributed by atoms with van der Waals surface area (Å²) < 4.78 is 1.93. The molecule has 0 fully saturated rings. The van der Waals surface area contributed by atoms with Crippen molar-refractivity contribution in [2.45, 2.75) is 39.9 Å². The van der Waals surface area contributed by atoms with Crippen molar-refractivity contribution in [3.05, 3.63) is 71.2 Å². The second-order valence-corrected chi connectivity index (χ2v) is 6.71. The van der Waals surface area contributed by atoms with Crippen molar-refractivity contribution in [1.82, 2.24) is 9.38 Å². The standard InChI is InChI=1S/C20H23N3O2/c1-14(2)22(12-16-9-5-4-6-10-16)13-17-19(20(24)25)21-18-11-7-8-15(3)23(17)18/h4-11,14H,12-13H2,1-3H3,(H,24,25). The number of benzene rings is 1. The minimum Gasteiger partial charge on any atom is -0.543 e. The topological polar surface area (TPSA) is 61.9 Å². The fourth-order valence-corrected chi connectivity index (χ4v) is 3.20. The number of carbonyl (C=O) groups is 1. The van der Waals surface area contributed by atoms with Crippen LogP contribution in [0.1, 0.15) is 41.3 Å². The van der Waals surface area contributed by atoms with Crippen LogP contribution >= 0.6 is 0 Å². The highest BCUT2D eigenvalue weighted by atomic mass is 16.4. The largest absolute Gasteiger partial charge is 0.543 e. The number of nitrogens with one attached hydrogen (secondary N) is 1. The summed E-state index contributed by atoms with van der Waals surface area (Å²) in [6, 6.07) is 16.3. The van der Waals surface area contributed by atoms with E-state index in [0.29, 0.717) is 23.9 Å². The summed E-state index contributed by atoms with van der Waals surface area (Å²) in [6.07, 6.45) is 0. The minimum atomic E-state index is -1.22. The molecule has 0 saturated heterocycles. The molecular weight excluding hydrogens is 314 g/mol. The molecule has 1 aromatic carbocycles. The maximum Gasteiger partial charge on any atom is 0.138 e. The number of carbonyl (C=O) groups excluding carboxylic acids is 1. The van der Waals surface area contributed by atoms with Gasteiger partial charge >= 0.3 is 0 Å². The number of rotatable bonds is 6. The number of carboxylic acid groups (broad SMARTS) is 1. The molecule has 1 atom stereocenters. The number of hydrogen-bond donors (Lipinski definition) is 1. The van der Waals surface area contributed by atoms with Gasteiger partial charge in [0.05, 0.1) is 12.0 Å². The van der Waals surface area contributed by atoms with Gasteiger partial charge in [-0.1, -0.05) is 36.4 Å². The van der Waals surface area contributed by atoms with Gasteiger partial charge < -0.3 is 14.8 Å². The summed E-state index contributed by atoms with van der Waals surface area (Å²) in [7, 11) is 0. The van der Waals surface area contributed by atoms with E-state index in [2.05, 4.69) is 31.0 Å². The van der Waals surface area contributed by atoms with Crippen LogP contribution in [-0.2, 0) is 13.1 Å². The molecule has 0 aliphatic carbocycles. The van der Waals surface area contributed by atoms with Crippen molar-refractivity contribution in [2.24, 2.45) is 0 Å². The Bertz CT molecular complexity index is 885. The molecule has 3 rings (SSSR count). The van der Waals surface area contributed by atoms with Crippen molar-refractivity contribution in [2.75, 3.05) is 0 Å². The third-order valence-corrected chi connectivity index (χ3v) is 4.61. The van der Waals surface area contributed by atoms with E-state index < -0.39 is 5.97 Å². The molecule has 0 aliphatic rings. The summed E-state index contributed by atoms with van der Waals surface area (Å²) in [5, 5.41) is 11.6. The molecule has 5 heteroatoms. The molecule has 0 aliphatic heterocycles. The van der Waals surface area contributed by atoms with Crippen molar-refractivity contribution in [3.8, 4) is 0 Å². The number of aromatic carboxylic acids is 1. The first-order valence-corrected chi connectivity index (χ1v) is 8.54. The molecule has 3 aromatic rings. The van der Waals surface area contributed by atoms with E-state index >= 15 is 0 Å². The average molecular weight is 337 g/mol. The number of nitrogens with zero attached hydrogens (tertiary/aromatic N) is 2. The fourth-order valence-electron chi connectivity index (χ4n) is 3.20. The van der Waals surface area contributed by atoms with Crippen LogP contribution < -0.4 is 10.0 Å². The van der Waals surface area contributed by atoms with Crippen LogP contribution in [-0.4, -0.2) is 21.4 Å². The SMILES string of the molecule is Cc1cccc2nc(C(=O)[O-])c(C[NH+](Cc3ccccc3)C(C)C)n12. The van der Waals surface area contributed by atoms with Gasteiger partial charge in [-0.05, 0) is 32.9 Å². The van der Waals surface area contributed by atoms with Crippen LogP contribution in [0.3, 0.4) is 0 Å². The quantitative estimate of drug-likeness (QED) is 0.730. The zero-order valence-corrected chi connectivity index (χ0v) is 14.8. The normalized spacial score (nSPS) is 12.6. The van der Waals surface area contributed by atoms with Crippen LogP contribution in [0.5, 0.6) is 0 Å². The first-order chi connectivity index (χ1) is 12.0. The predicted octanol–water partition coefficient (Wildman–Crippen LogP) is 1.000. The van der Waals surface area contributed by atoms with Crippen LogP contribution in [0.4, 0.5) is 0 Å². The Kier molecular flexibility index (Phi) is 4.86. The van der Waals surface area contributed by atoms with Crippen molar-refractivity contribution in [3.63, 3.8) is 0 Å². The van der Waals surface area contributed by atoms with Crippen LogP contribution in [0.15, 0.2) is 48.5 Å².